The minimum absolute atomic E-state index is 0.0926. The molecule has 0 saturated carbocycles. The van der Waals surface area contributed by atoms with Gasteiger partial charge in [-0.2, -0.15) is 0 Å². The first kappa shape index (κ1) is 21.7. The number of nitrogens with one attached hydrogen (secondary N) is 1. The number of carbonyl (C=O) groups is 1. The number of carbonyl (C=O) groups excluding carboxylic acids is 1. The van der Waals surface area contributed by atoms with Crippen molar-refractivity contribution in [2.75, 3.05) is 20.6 Å². The molecule has 7 heteroatoms. The number of amides is 1. The van der Waals surface area contributed by atoms with Crippen LogP contribution in [0.5, 0.6) is 0 Å². The summed E-state index contributed by atoms with van der Waals surface area (Å²) in [5.74, 6) is -0.580. The number of hydrogen-bond donors (Lipinski definition) is 1. The van der Waals surface area contributed by atoms with Crippen molar-refractivity contribution < 1.29 is 9.18 Å². The van der Waals surface area contributed by atoms with E-state index in [1.165, 1.54) is 17.0 Å². The lowest BCUT2D eigenvalue weighted by molar-refractivity contribution is -0.118. The fourth-order valence-electron chi connectivity index (χ4n) is 3.30. The third-order valence-corrected chi connectivity index (χ3v) is 6.55. The molecule has 1 aromatic carbocycles. The molecule has 1 heterocycles. The number of thiazole rings is 1. The number of rotatable bonds is 7. The smallest absolute Gasteiger partial charge is 0.248 e. The van der Waals surface area contributed by atoms with Gasteiger partial charge in [-0.15, -0.1) is 11.3 Å². The van der Waals surface area contributed by atoms with Gasteiger partial charge in [-0.3, -0.25) is 4.79 Å². The first-order valence-corrected chi connectivity index (χ1v) is 10.7. The van der Waals surface area contributed by atoms with Crippen LogP contribution in [0.3, 0.4) is 0 Å². The SMILES string of the molecule is CCc1sc(C(CN(C)C)NC(=O)C2=CC=C(c3ccc(Cl)c(F)c3)C2)nc1C. The van der Waals surface area contributed by atoms with E-state index < -0.39 is 5.82 Å². The summed E-state index contributed by atoms with van der Waals surface area (Å²) in [7, 11) is 3.95. The molecule has 4 nitrogen and oxygen atoms in total. The van der Waals surface area contributed by atoms with Gasteiger partial charge in [0.25, 0.3) is 0 Å². The van der Waals surface area contributed by atoms with E-state index in [9.17, 15) is 9.18 Å². The maximum Gasteiger partial charge on any atom is 0.248 e. The maximum atomic E-state index is 13.8. The number of hydrogen-bond acceptors (Lipinski definition) is 4. The predicted molar refractivity (Wildman–Crippen MR) is 118 cm³/mol. The number of benzene rings is 1. The van der Waals surface area contributed by atoms with Crippen LogP contribution in [0.4, 0.5) is 4.39 Å². The maximum absolute atomic E-state index is 13.8. The standard InChI is InChI=1S/C22H25ClFN3OS/c1-5-20-13(2)25-22(29-20)19(12-27(3)4)26-21(28)16-7-6-14(10-16)15-8-9-17(23)18(24)11-15/h6-9,11,19H,5,10,12H2,1-4H3,(H,26,28). The molecular weight excluding hydrogens is 409 g/mol. The van der Waals surface area contributed by atoms with Gasteiger partial charge < -0.3 is 10.2 Å². The summed E-state index contributed by atoms with van der Waals surface area (Å²) < 4.78 is 13.8. The Hall–Kier alpha value is -2.02. The lowest BCUT2D eigenvalue weighted by Crippen LogP contribution is -2.35. The van der Waals surface area contributed by atoms with Crippen LogP contribution in [0.25, 0.3) is 5.57 Å². The quantitative estimate of drug-likeness (QED) is 0.672. The van der Waals surface area contributed by atoms with Crippen molar-refractivity contribution in [2.45, 2.75) is 32.7 Å². The third kappa shape index (κ3) is 5.13. The summed E-state index contributed by atoms with van der Waals surface area (Å²) in [5.41, 5.74) is 3.31. The molecular formula is C22H25ClFN3OS. The molecule has 1 aliphatic carbocycles. The zero-order chi connectivity index (χ0) is 21.1. The minimum Gasteiger partial charge on any atom is -0.342 e. The molecule has 0 spiro atoms. The van der Waals surface area contributed by atoms with Gasteiger partial charge in [0.05, 0.1) is 16.8 Å². The fourth-order valence-corrected chi connectivity index (χ4v) is 4.47. The number of aryl methyl sites for hydroxylation is 2. The lowest BCUT2D eigenvalue weighted by Gasteiger charge is -2.21. The van der Waals surface area contributed by atoms with E-state index in [2.05, 4.69) is 17.2 Å². The van der Waals surface area contributed by atoms with E-state index in [1.807, 2.05) is 32.0 Å². The number of nitrogens with zero attached hydrogens (tertiary/aromatic N) is 2. The van der Waals surface area contributed by atoms with Crippen LogP contribution >= 0.6 is 22.9 Å². The van der Waals surface area contributed by atoms with Gasteiger partial charge >= 0.3 is 0 Å². The molecule has 1 unspecified atom stereocenters. The molecule has 1 N–H and O–H groups in total. The third-order valence-electron chi connectivity index (χ3n) is 4.83. The lowest BCUT2D eigenvalue weighted by atomic mass is 10.0. The largest absolute Gasteiger partial charge is 0.342 e. The molecule has 1 aliphatic rings. The Balaban J connectivity index is 1.71. The topological polar surface area (TPSA) is 45.2 Å². The number of aromatic nitrogens is 1. The van der Waals surface area contributed by atoms with Crippen LogP contribution in [-0.4, -0.2) is 36.4 Å². The van der Waals surface area contributed by atoms with Crippen LogP contribution in [0, 0.1) is 12.7 Å². The van der Waals surface area contributed by atoms with Crippen LogP contribution in [0.15, 0.2) is 35.9 Å². The van der Waals surface area contributed by atoms with Gasteiger partial charge in [0, 0.05) is 23.4 Å². The van der Waals surface area contributed by atoms with Crippen molar-refractivity contribution in [1.82, 2.24) is 15.2 Å². The van der Waals surface area contributed by atoms with Crippen LogP contribution in [-0.2, 0) is 11.2 Å². The van der Waals surface area contributed by atoms with Crippen molar-refractivity contribution in [2.24, 2.45) is 0 Å². The van der Waals surface area contributed by atoms with Gasteiger partial charge in [-0.1, -0.05) is 36.7 Å². The van der Waals surface area contributed by atoms with E-state index in [0.717, 1.165) is 28.3 Å². The Labute approximate surface area is 180 Å². The van der Waals surface area contributed by atoms with Crippen molar-refractivity contribution in [3.63, 3.8) is 0 Å². The second-order valence-corrected chi connectivity index (χ2v) is 8.91. The second kappa shape index (κ2) is 9.20. The molecule has 2 aromatic rings. The molecule has 0 fully saturated rings. The molecule has 0 bridgehead atoms. The van der Waals surface area contributed by atoms with E-state index in [4.69, 9.17) is 11.6 Å². The molecule has 0 saturated heterocycles. The average molecular weight is 434 g/mol. The predicted octanol–water partition coefficient (Wildman–Crippen LogP) is 4.94. The summed E-state index contributed by atoms with van der Waals surface area (Å²) >= 11 is 7.42. The Kier molecular flexibility index (Phi) is 6.88. The fraction of sp³-hybridized carbons (Fsp3) is 0.364. The average Bonchev–Trinajstić information content (AvgIpc) is 3.30. The zero-order valence-electron chi connectivity index (χ0n) is 17.1. The molecule has 0 radical (unpaired) electrons. The molecule has 3 rings (SSSR count). The molecule has 1 aromatic heterocycles. The Bertz CT molecular complexity index is 980. The van der Waals surface area contributed by atoms with E-state index in [-0.39, 0.29) is 17.0 Å². The van der Waals surface area contributed by atoms with Crippen molar-refractivity contribution in [1.29, 1.82) is 0 Å². The van der Waals surface area contributed by atoms with Crippen LogP contribution in [0.1, 0.15) is 40.5 Å². The first-order chi connectivity index (χ1) is 13.8. The Morgan fingerprint density at radius 3 is 2.76 bits per heavy atom. The Morgan fingerprint density at radius 2 is 2.14 bits per heavy atom. The summed E-state index contributed by atoms with van der Waals surface area (Å²) in [6, 6.07) is 4.53. The second-order valence-electron chi connectivity index (χ2n) is 7.39. The summed E-state index contributed by atoms with van der Waals surface area (Å²) in [6.45, 7) is 4.78. The molecule has 154 valence electrons. The zero-order valence-corrected chi connectivity index (χ0v) is 18.6. The Morgan fingerprint density at radius 1 is 1.38 bits per heavy atom. The van der Waals surface area contributed by atoms with Crippen LogP contribution < -0.4 is 5.32 Å². The number of likely N-dealkylation sites (N-methyl/N-ethyl adjacent to an activating group) is 1. The van der Waals surface area contributed by atoms with Gasteiger partial charge in [-0.25, -0.2) is 9.37 Å². The van der Waals surface area contributed by atoms with Gasteiger partial charge in [-0.05, 0) is 50.7 Å². The molecule has 1 atom stereocenters. The summed E-state index contributed by atoms with van der Waals surface area (Å²) in [5, 5.41) is 4.15. The highest BCUT2D eigenvalue weighted by atomic mass is 35.5. The van der Waals surface area contributed by atoms with Gasteiger partial charge in [0.15, 0.2) is 0 Å². The highest BCUT2D eigenvalue weighted by Gasteiger charge is 2.24. The first-order valence-electron chi connectivity index (χ1n) is 9.55. The van der Waals surface area contributed by atoms with Crippen molar-refractivity contribution in [3.8, 4) is 0 Å². The van der Waals surface area contributed by atoms with E-state index in [0.29, 0.717) is 18.5 Å². The minimum atomic E-state index is -0.458. The summed E-state index contributed by atoms with van der Waals surface area (Å²) in [6.07, 6.45) is 5.05. The van der Waals surface area contributed by atoms with E-state index in [1.54, 1.807) is 23.5 Å². The number of allylic oxidation sites excluding steroid dienone is 3. The van der Waals surface area contributed by atoms with Crippen LogP contribution in [0.2, 0.25) is 5.02 Å². The molecule has 0 aliphatic heterocycles. The summed E-state index contributed by atoms with van der Waals surface area (Å²) in [4.78, 5) is 20.9. The highest BCUT2D eigenvalue weighted by molar-refractivity contribution is 7.11. The molecule has 1 amide bonds. The monoisotopic (exact) mass is 433 g/mol. The number of halogens is 2. The van der Waals surface area contributed by atoms with E-state index >= 15 is 0 Å². The molecule has 29 heavy (non-hydrogen) atoms. The van der Waals surface area contributed by atoms with Gasteiger partial charge in [0.1, 0.15) is 10.8 Å². The normalized spacial score (nSPS) is 14.7. The van der Waals surface area contributed by atoms with Gasteiger partial charge in [0.2, 0.25) is 5.91 Å². The highest BCUT2D eigenvalue weighted by Crippen LogP contribution is 2.31. The van der Waals surface area contributed by atoms with Crippen molar-refractivity contribution in [3.05, 3.63) is 67.9 Å². The van der Waals surface area contributed by atoms with Crippen molar-refractivity contribution >= 4 is 34.4 Å².